The second-order valence-corrected chi connectivity index (χ2v) is 6.62. The fourth-order valence-corrected chi connectivity index (χ4v) is 4.00. The average Bonchev–Trinajstić information content (AvgIpc) is 2.49. The highest BCUT2D eigenvalue weighted by Crippen LogP contribution is 2.38. The summed E-state index contributed by atoms with van der Waals surface area (Å²) in [5.74, 6) is 1.43. The number of hydrogen-bond donors (Lipinski definition) is 1. The van der Waals surface area contributed by atoms with Crippen LogP contribution in [0.3, 0.4) is 0 Å². The van der Waals surface area contributed by atoms with E-state index in [9.17, 15) is 4.39 Å². The third-order valence-electron chi connectivity index (χ3n) is 4.22. The van der Waals surface area contributed by atoms with Crippen LogP contribution in [0.15, 0.2) is 53.4 Å². The summed E-state index contributed by atoms with van der Waals surface area (Å²) in [5.41, 5.74) is 2.98. The Labute approximate surface area is 130 Å². The van der Waals surface area contributed by atoms with Gasteiger partial charge < -0.3 is 5.32 Å². The second-order valence-electron chi connectivity index (χ2n) is 5.56. The summed E-state index contributed by atoms with van der Waals surface area (Å²) in [6.45, 7) is 0. The van der Waals surface area contributed by atoms with Gasteiger partial charge in [0.1, 0.15) is 5.82 Å². The average molecular weight is 301 g/mol. The van der Waals surface area contributed by atoms with Crippen LogP contribution >= 0.6 is 11.8 Å². The number of halogens is 1. The molecule has 21 heavy (non-hydrogen) atoms. The first-order chi connectivity index (χ1) is 10.3. The summed E-state index contributed by atoms with van der Waals surface area (Å²) < 4.78 is 13.6. The van der Waals surface area contributed by atoms with Crippen LogP contribution in [0, 0.1) is 5.82 Å². The Morgan fingerprint density at radius 2 is 1.95 bits per heavy atom. The van der Waals surface area contributed by atoms with E-state index in [0.717, 1.165) is 17.1 Å². The van der Waals surface area contributed by atoms with Crippen LogP contribution in [-0.2, 0) is 6.42 Å². The lowest BCUT2D eigenvalue weighted by atomic mass is 9.74. The standard InChI is InChI=1S/C18H20FNS/c1-20-15(12-21-18-9-5-4-8-17(18)19)11-14-10-13-6-2-3-7-16(13)14/h2-9,14-15,20H,10-12H2,1H3. The smallest absolute Gasteiger partial charge is 0.136 e. The molecule has 0 fully saturated rings. The van der Waals surface area contributed by atoms with Crippen molar-refractivity contribution >= 4 is 11.8 Å². The quantitative estimate of drug-likeness (QED) is 0.801. The second kappa shape index (κ2) is 6.63. The summed E-state index contributed by atoms with van der Waals surface area (Å²) >= 11 is 1.60. The van der Waals surface area contributed by atoms with Crippen LogP contribution in [0.5, 0.6) is 0 Å². The maximum Gasteiger partial charge on any atom is 0.136 e. The molecule has 0 aromatic heterocycles. The van der Waals surface area contributed by atoms with Crippen molar-refractivity contribution in [3.63, 3.8) is 0 Å². The first-order valence-corrected chi connectivity index (χ1v) is 8.39. The van der Waals surface area contributed by atoms with E-state index in [-0.39, 0.29) is 5.82 Å². The molecule has 1 N–H and O–H groups in total. The third kappa shape index (κ3) is 3.30. The summed E-state index contributed by atoms with van der Waals surface area (Å²) in [6, 6.07) is 16.1. The van der Waals surface area contributed by atoms with Gasteiger partial charge in [0.05, 0.1) is 0 Å². The lowest BCUT2D eigenvalue weighted by molar-refractivity contribution is 0.468. The van der Waals surface area contributed by atoms with Crippen LogP contribution < -0.4 is 5.32 Å². The Bertz CT molecular complexity index is 614. The van der Waals surface area contributed by atoms with Gasteiger partial charge in [0.25, 0.3) is 0 Å². The van der Waals surface area contributed by atoms with Crippen molar-refractivity contribution in [1.82, 2.24) is 5.32 Å². The highest BCUT2D eigenvalue weighted by atomic mass is 32.2. The Balaban J connectivity index is 1.56. The molecule has 0 saturated heterocycles. The minimum absolute atomic E-state index is 0.119. The van der Waals surface area contributed by atoms with Crippen molar-refractivity contribution < 1.29 is 4.39 Å². The van der Waals surface area contributed by atoms with E-state index >= 15 is 0 Å². The van der Waals surface area contributed by atoms with Crippen LogP contribution in [0.25, 0.3) is 0 Å². The van der Waals surface area contributed by atoms with Crippen LogP contribution in [0.4, 0.5) is 4.39 Å². The Morgan fingerprint density at radius 3 is 2.71 bits per heavy atom. The Morgan fingerprint density at radius 1 is 1.19 bits per heavy atom. The molecule has 0 saturated carbocycles. The number of thioether (sulfide) groups is 1. The van der Waals surface area contributed by atoms with Gasteiger partial charge in [-0.15, -0.1) is 11.8 Å². The van der Waals surface area contributed by atoms with E-state index in [4.69, 9.17) is 0 Å². The minimum atomic E-state index is -0.119. The topological polar surface area (TPSA) is 12.0 Å². The van der Waals surface area contributed by atoms with E-state index in [1.54, 1.807) is 17.8 Å². The third-order valence-corrected chi connectivity index (χ3v) is 5.43. The molecule has 3 heteroatoms. The van der Waals surface area contributed by atoms with Gasteiger partial charge >= 0.3 is 0 Å². The zero-order chi connectivity index (χ0) is 14.7. The van der Waals surface area contributed by atoms with Gasteiger partial charge in [0.2, 0.25) is 0 Å². The molecule has 2 aromatic rings. The molecule has 1 aliphatic rings. The summed E-state index contributed by atoms with van der Waals surface area (Å²) in [5, 5.41) is 3.38. The number of nitrogens with one attached hydrogen (secondary N) is 1. The van der Waals surface area contributed by atoms with E-state index in [1.807, 2.05) is 19.2 Å². The highest BCUT2D eigenvalue weighted by molar-refractivity contribution is 7.99. The predicted octanol–water partition coefficient (Wildman–Crippen LogP) is 4.24. The molecule has 0 heterocycles. The van der Waals surface area contributed by atoms with Gasteiger partial charge in [-0.25, -0.2) is 4.39 Å². The molecule has 2 unspecified atom stereocenters. The largest absolute Gasteiger partial charge is 0.316 e. The fourth-order valence-electron chi connectivity index (χ4n) is 2.94. The lowest BCUT2D eigenvalue weighted by Gasteiger charge is -2.33. The van der Waals surface area contributed by atoms with Gasteiger partial charge in [0, 0.05) is 16.7 Å². The van der Waals surface area contributed by atoms with E-state index < -0.39 is 0 Å². The molecule has 110 valence electrons. The van der Waals surface area contributed by atoms with Gasteiger partial charge in [-0.2, -0.15) is 0 Å². The van der Waals surface area contributed by atoms with Crippen molar-refractivity contribution in [2.24, 2.45) is 0 Å². The first-order valence-electron chi connectivity index (χ1n) is 7.40. The number of rotatable bonds is 6. The summed E-state index contributed by atoms with van der Waals surface area (Å²) in [7, 11) is 2.00. The Kier molecular flexibility index (Phi) is 4.61. The first kappa shape index (κ1) is 14.6. The Hall–Kier alpha value is -1.32. The van der Waals surface area contributed by atoms with Gasteiger partial charge in [0.15, 0.2) is 0 Å². The SMILES string of the molecule is CNC(CSc1ccccc1F)CC1Cc2ccccc21. The molecule has 3 rings (SSSR count). The van der Waals surface area contributed by atoms with Crippen molar-refractivity contribution in [1.29, 1.82) is 0 Å². The maximum absolute atomic E-state index is 13.6. The molecule has 0 aliphatic heterocycles. The zero-order valence-electron chi connectivity index (χ0n) is 12.2. The molecule has 1 aliphatic carbocycles. The predicted molar refractivity (Wildman–Crippen MR) is 87.5 cm³/mol. The molecule has 0 spiro atoms. The lowest BCUT2D eigenvalue weighted by Crippen LogP contribution is -2.32. The maximum atomic E-state index is 13.6. The van der Waals surface area contributed by atoms with Gasteiger partial charge in [-0.05, 0) is 49.1 Å². The van der Waals surface area contributed by atoms with E-state index in [0.29, 0.717) is 12.0 Å². The zero-order valence-corrected chi connectivity index (χ0v) is 13.0. The number of hydrogen-bond acceptors (Lipinski definition) is 2. The van der Waals surface area contributed by atoms with E-state index in [1.165, 1.54) is 23.6 Å². The molecular formula is C18H20FNS. The van der Waals surface area contributed by atoms with Crippen molar-refractivity contribution in [2.75, 3.05) is 12.8 Å². The van der Waals surface area contributed by atoms with Crippen LogP contribution in [0.2, 0.25) is 0 Å². The molecule has 2 aromatic carbocycles. The van der Waals surface area contributed by atoms with Crippen molar-refractivity contribution in [3.8, 4) is 0 Å². The van der Waals surface area contributed by atoms with E-state index in [2.05, 4.69) is 29.6 Å². The van der Waals surface area contributed by atoms with Gasteiger partial charge in [-0.3, -0.25) is 0 Å². The minimum Gasteiger partial charge on any atom is -0.316 e. The molecule has 2 atom stereocenters. The number of benzene rings is 2. The molecule has 1 nitrogen and oxygen atoms in total. The fraction of sp³-hybridized carbons (Fsp3) is 0.333. The van der Waals surface area contributed by atoms with Crippen molar-refractivity contribution in [2.45, 2.75) is 29.7 Å². The van der Waals surface area contributed by atoms with Gasteiger partial charge in [-0.1, -0.05) is 36.4 Å². The van der Waals surface area contributed by atoms with Crippen LogP contribution in [-0.4, -0.2) is 18.8 Å². The molecule has 0 radical (unpaired) electrons. The van der Waals surface area contributed by atoms with Crippen LogP contribution in [0.1, 0.15) is 23.5 Å². The number of fused-ring (bicyclic) bond motifs is 1. The monoisotopic (exact) mass is 301 g/mol. The molecular weight excluding hydrogens is 281 g/mol. The summed E-state index contributed by atoms with van der Waals surface area (Å²) in [6.07, 6.45) is 2.30. The molecule has 0 amide bonds. The highest BCUT2D eigenvalue weighted by Gasteiger charge is 2.27. The van der Waals surface area contributed by atoms with Crippen molar-refractivity contribution in [3.05, 3.63) is 65.5 Å². The molecule has 0 bridgehead atoms. The normalized spacial score (nSPS) is 17.9. The summed E-state index contributed by atoms with van der Waals surface area (Å²) in [4.78, 5) is 0.742.